The third kappa shape index (κ3) is 6.90. The van der Waals surface area contributed by atoms with Crippen molar-refractivity contribution in [1.82, 2.24) is 10.3 Å². The van der Waals surface area contributed by atoms with Gasteiger partial charge in [0.25, 0.3) is 0 Å². The average molecular weight is 517 g/mol. The van der Waals surface area contributed by atoms with Crippen LogP contribution in [0, 0.1) is 5.82 Å². The molecule has 2 heterocycles. The zero-order valence-corrected chi connectivity index (χ0v) is 19.8. The third-order valence-corrected chi connectivity index (χ3v) is 6.09. The Labute approximate surface area is 199 Å². The maximum absolute atomic E-state index is 14.3. The number of amides is 1. The highest BCUT2D eigenvalue weighted by molar-refractivity contribution is 7.92. The Hall–Kier alpha value is -3.22. The summed E-state index contributed by atoms with van der Waals surface area (Å²) in [6, 6.07) is 5.69. The first-order chi connectivity index (χ1) is 16.2. The molecule has 0 radical (unpaired) electrons. The fraction of sp³-hybridized carbons (Fsp3) is 0.409. The number of carbonyl (C=O) groups excluding carboxylic acids is 2. The van der Waals surface area contributed by atoms with Gasteiger partial charge in [0.05, 0.1) is 17.9 Å². The fourth-order valence-electron chi connectivity index (χ4n) is 3.58. The Morgan fingerprint density at radius 1 is 1.17 bits per heavy atom. The van der Waals surface area contributed by atoms with Crippen molar-refractivity contribution in [2.75, 3.05) is 29.0 Å². The standard InChI is InChI=1S/C22H24F4N4O4S/c1-13(14-3-5-18(17(23)11-14)29-35(2,33)34)21(32)27-12-15-4-6-19(22(24,25)26)28-20(15)30-9-7-16(31)8-10-30/h3-6,11,13,29H,7-10,12H2,1-2H3,(H,27,32). The molecule has 13 heteroatoms. The summed E-state index contributed by atoms with van der Waals surface area (Å²) in [6.07, 6.45) is -3.39. The minimum absolute atomic E-state index is 0.0156. The summed E-state index contributed by atoms with van der Waals surface area (Å²) in [6.45, 7) is 1.81. The molecule has 1 aliphatic rings. The minimum atomic E-state index is -4.65. The van der Waals surface area contributed by atoms with Gasteiger partial charge in [0.2, 0.25) is 15.9 Å². The van der Waals surface area contributed by atoms with E-state index < -0.39 is 39.5 Å². The zero-order chi connectivity index (χ0) is 26.0. The van der Waals surface area contributed by atoms with Crippen LogP contribution in [0.15, 0.2) is 30.3 Å². The zero-order valence-electron chi connectivity index (χ0n) is 18.9. The molecule has 1 saturated heterocycles. The van der Waals surface area contributed by atoms with Gasteiger partial charge in [-0.25, -0.2) is 17.8 Å². The molecule has 1 fully saturated rings. The molecule has 1 aromatic carbocycles. The number of hydrogen-bond donors (Lipinski definition) is 2. The van der Waals surface area contributed by atoms with E-state index in [9.17, 15) is 35.6 Å². The highest BCUT2D eigenvalue weighted by Crippen LogP contribution is 2.31. The van der Waals surface area contributed by atoms with Crippen LogP contribution in [0.4, 0.5) is 29.1 Å². The van der Waals surface area contributed by atoms with Gasteiger partial charge < -0.3 is 10.2 Å². The molecule has 35 heavy (non-hydrogen) atoms. The highest BCUT2D eigenvalue weighted by Gasteiger charge is 2.34. The molecule has 190 valence electrons. The Morgan fingerprint density at radius 3 is 2.40 bits per heavy atom. The van der Waals surface area contributed by atoms with Crippen LogP contribution in [0.2, 0.25) is 0 Å². The lowest BCUT2D eigenvalue weighted by Gasteiger charge is -2.29. The van der Waals surface area contributed by atoms with Crippen molar-refractivity contribution in [2.24, 2.45) is 0 Å². The molecule has 1 unspecified atom stereocenters. The minimum Gasteiger partial charge on any atom is -0.355 e. The predicted octanol–water partition coefficient (Wildman–Crippen LogP) is 3.20. The van der Waals surface area contributed by atoms with Gasteiger partial charge in [-0.2, -0.15) is 13.2 Å². The topological polar surface area (TPSA) is 108 Å². The monoisotopic (exact) mass is 516 g/mol. The normalized spacial score (nSPS) is 15.6. The lowest BCUT2D eigenvalue weighted by Crippen LogP contribution is -2.36. The number of Topliss-reactive ketones (excluding diaryl/α,β-unsaturated/α-hetero) is 1. The number of pyridine rings is 1. The molecule has 2 N–H and O–H groups in total. The van der Waals surface area contributed by atoms with Crippen molar-refractivity contribution < 1.29 is 35.6 Å². The van der Waals surface area contributed by atoms with Crippen molar-refractivity contribution in [2.45, 2.75) is 38.4 Å². The molecule has 1 aliphatic heterocycles. The van der Waals surface area contributed by atoms with E-state index in [1.165, 1.54) is 25.1 Å². The number of benzene rings is 1. The smallest absolute Gasteiger partial charge is 0.355 e. The van der Waals surface area contributed by atoms with E-state index in [0.717, 1.165) is 18.4 Å². The molecule has 0 spiro atoms. The maximum Gasteiger partial charge on any atom is 0.433 e. The van der Waals surface area contributed by atoms with E-state index in [-0.39, 0.29) is 55.3 Å². The molecular formula is C22H24F4N4O4S. The number of alkyl halides is 3. The number of nitrogens with one attached hydrogen (secondary N) is 2. The molecule has 0 aliphatic carbocycles. The molecule has 0 bridgehead atoms. The number of rotatable bonds is 7. The van der Waals surface area contributed by atoms with Crippen molar-refractivity contribution in [1.29, 1.82) is 0 Å². The molecule has 3 rings (SSSR count). The maximum atomic E-state index is 14.3. The first-order valence-electron chi connectivity index (χ1n) is 10.6. The van der Waals surface area contributed by atoms with Crippen LogP contribution < -0.4 is 14.9 Å². The summed E-state index contributed by atoms with van der Waals surface area (Å²) >= 11 is 0. The summed E-state index contributed by atoms with van der Waals surface area (Å²) in [5.74, 6) is -2.16. The van der Waals surface area contributed by atoms with Crippen molar-refractivity contribution in [3.63, 3.8) is 0 Å². The summed E-state index contributed by atoms with van der Waals surface area (Å²) in [5, 5.41) is 2.63. The lowest BCUT2D eigenvalue weighted by molar-refractivity contribution is -0.141. The van der Waals surface area contributed by atoms with Crippen LogP contribution >= 0.6 is 0 Å². The van der Waals surface area contributed by atoms with Crippen LogP contribution in [0.25, 0.3) is 0 Å². The second kappa shape index (κ2) is 10.2. The average Bonchev–Trinajstić information content (AvgIpc) is 2.77. The second-order valence-electron chi connectivity index (χ2n) is 8.26. The number of aromatic nitrogens is 1. The number of piperidine rings is 1. The van der Waals surface area contributed by atoms with Gasteiger partial charge in [-0.15, -0.1) is 0 Å². The molecule has 2 aromatic rings. The van der Waals surface area contributed by atoms with Crippen LogP contribution in [0.5, 0.6) is 0 Å². The highest BCUT2D eigenvalue weighted by atomic mass is 32.2. The number of sulfonamides is 1. The van der Waals surface area contributed by atoms with Crippen LogP contribution in [-0.2, 0) is 32.3 Å². The van der Waals surface area contributed by atoms with E-state index in [0.29, 0.717) is 5.56 Å². The summed E-state index contributed by atoms with van der Waals surface area (Å²) in [5.41, 5.74) is -0.721. The van der Waals surface area contributed by atoms with Crippen LogP contribution in [0.3, 0.4) is 0 Å². The Morgan fingerprint density at radius 2 is 1.83 bits per heavy atom. The van der Waals surface area contributed by atoms with E-state index >= 15 is 0 Å². The van der Waals surface area contributed by atoms with Gasteiger partial charge in [0, 0.05) is 38.0 Å². The van der Waals surface area contributed by atoms with E-state index in [1.54, 1.807) is 4.90 Å². The van der Waals surface area contributed by atoms with E-state index in [2.05, 4.69) is 10.3 Å². The van der Waals surface area contributed by atoms with E-state index in [1.807, 2.05) is 4.72 Å². The Bertz CT molecular complexity index is 1220. The first-order valence-corrected chi connectivity index (χ1v) is 12.5. The number of halogens is 4. The Kier molecular flexibility index (Phi) is 7.68. The van der Waals surface area contributed by atoms with Gasteiger partial charge in [-0.3, -0.25) is 14.3 Å². The predicted molar refractivity (Wildman–Crippen MR) is 121 cm³/mol. The molecule has 8 nitrogen and oxygen atoms in total. The van der Waals surface area contributed by atoms with Gasteiger partial charge >= 0.3 is 6.18 Å². The van der Waals surface area contributed by atoms with Crippen molar-refractivity contribution >= 4 is 33.2 Å². The molecular weight excluding hydrogens is 492 g/mol. The van der Waals surface area contributed by atoms with Crippen molar-refractivity contribution in [3.05, 3.63) is 53.0 Å². The molecule has 1 amide bonds. The quantitative estimate of drug-likeness (QED) is 0.548. The second-order valence-corrected chi connectivity index (χ2v) is 10.0. The summed E-state index contributed by atoms with van der Waals surface area (Å²) in [7, 11) is -3.69. The van der Waals surface area contributed by atoms with Gasteiger partial charge in [0.15, 0.2) is 0 Å². The number of carbonyl (C=O) groups is 2. The van der Waals surface area contributed by atoms with Crippen LogP contribution in [-0.4, -0.2) is 44.4 Å². The first kappa shape index (κ1) is 26.4. The third-order valence-electron chi connectivity index (χ3n) is 5.50. The summed E-state index contributed by atoms with van der Waals surface area (Å²) in [4.78, 5) is 29.6. The van der Waals surface area contributed by atoms with Crippen molar-refractivity contribution in [3.8, 4) is 0 Å². The van der Waals surface area contributed by atoms with Crippen LogP contribution in [0.1, 0.15) is 42.5 Å². The van der Waals surface area contributed by atoms with Gasteiger partial charge in [-0.1, -0.05) is 12.1 Å². The number of anilines is 2. The lowest BCUT2D eigenvalue weighted by atomic mass is 9.99. The molecule has 0 saturated carbocycles. The Balaban J connectivity index is 1.76. The molecule has 1 atom stereocenters. The number of ketones is 1. The number of nitrogens with zero attached hydrogens (tertiary/aromatic N) is 2. The summed E-state index contributed by atoms with van der Waals surface area (Å²) < 4.78 is 78.6. The number of hydrogen-bond acceptors (Lipinski definition) is 6. The van der Waals surface area contributed by atoms with E-state index in [4.69, 9.17) is 0 Å². The SMILES string of the molecule is CC(C(=O)NCc1ccc(C(F)(F)F)nc1N1CCC(=O)CC1)c1ccc(NS(C)(=O)=O)c(F)c1. The molecule has 1 aromatic heterocycles. The largest absolute Gasteiger partial charge is 0.433 e. The fourth-order valence-corrected chi connectivity index (χ4v) is 4.15. The van der Waals surface area contributed by atoms with Gasteiger partial charge in [-0.05, 0) is 30.7 Å². The van der Waals surface area contributed by atoms with Gasteiger partial charge in [0.1, 0.15) is 23.1 Å².